The van der Waals surface area contributed by atoms with E-state index < -0.39 is 0 Å². The molecular formula is C11H20O. The summed E-state index contributed by atoms with van der Waals surface area (Å²) in [5.74, 6) is 3.54. The molecule has 2 saturated carbocycles. The smallest absolute Gasteiger partial charge is 0.0545 e. The van der Waals surface area contributed by atoms with Gasteiger partial charge in [-0.2, -0.15) is 0 Å². The quantitative estimate of drug-likeness (QED) is 0.637. The molecule has 70 valence electrons. The van der Waals surface area contributed by atoms with Crippen LogP contribution in [0.1, 0.15) is 39.5 Å². The molecule has 0 aliphatic heterocycles. The Balaban J connectivity index is 1.93. The van der Waals surface area contributed by atoms with Crippen LogP contribution < -0.4 is 0 Å². The molecular weight excluding hydrogens is 148 g/mol. The van der Waals surface area contributed by atoms with Crippen molar-refractivity contribution in [1.82, 2.24) is 0 Å². The number of aliphatic hydroxyl groups is 1. The van der Waals surface area contributed by atoms with Gasteiger partial charge in [-0.15, -0.1) is 0 Å². The van der Waals surface area contributed by atoms with Gasteiger partial charge < -0.3 is 5.11 Å². The van der Waals surface area contributed by atoms with E-state index in [4.69, 9.17) is 0 Å². The molecule has 1 heteroatoms. The van der Waals surface area contributed by atoms with E-state index in [9.17, 15) is 5.11 Å². The number of hydrogen-bond acceptors (Lipinski definition) is 1. The Bertz CT molecular complexity index is 150. The molecule has 0 unspecified atom stereocenters. The van der Waals surface area contributed by atoms with Crippen molar-refractivity contribution in [1.29, 1.82) is 0 Å². The Morgan fingerprint density at radius 2 is 1.50 bits per heavy atom. The van der Waals surface area contributed by atoms with E-state index in [2.05, 4.69) is 13.8 Å². The molecule has 12 heavy (non-hydrogen) atoms. The lowest BCUT2D eigenvalue weighted by Gasteiger charge is -2.15. The summed E-state index contributed by atoms with van der Waals surface area (Å²) in [4.78, 5) is 0. The number of rotatable bonds is 1. The third-order valence-corrected chi connectivity index (χ3v) is 3.97. The van der Waals surface area contributed by atoms with Gasteiger partial charge in [0.1, 0.15) is 0 Å². The molecule has 0 spiro atoms. The molecule has 0 heterocycles. The van der Waals surface area contributed by atoms with Gasteiger partial charge in [0.15, 0.2) is 0 Å². The Morgan fingerprint density at radius 1 is 1.00 bits per heavy atom. The van der Waals surface area contributed by atoms with Gasteiger partial charge in [0, 0.05) is 0 Å². The lowest BCUT2D eigenvalue weighted by Crippen LogP contribution is -2.08. The fraction of sp³-hybridized carbons (Fsp3) is 1.00. The average molecular weight is 168 g/mol. The summed E-state index contributed by atoms with van der Waals surface area (Å²) < 4.78 is 0. The van der Waals surface area contributed by atoms with Gasteiger partial charge in [0.05, 0.1) is 6.10 Å². The maximum Gasteiger partial charge on any atom is 0.0545 e. The zero-order valence-electron chi connectivity index (χ0n) is 8.16. The van der Waals surface area contributed by atoms with E-state index in [1.54, 1.807) is 0 Å². The summed E-state index contributed by atoms with van der Waals surface area (Å²) in [7, 11) is 0. The minimum absolute atomic E-state index is 0.0353. The summed E-state index contributed by atoms with van der Waals surface area (Å²) in [6.07, 6.45) is 4.99. The van der Waals surface area contributed by atoms with Crippen molar-refractivity contribution in [2.45, 2.75) is 45.6 Å². The lowest BCUT2D eigenvalue weighted by atomic mass is 9.91. The van der Waals surface area contributed by atoms with Crippen LogP contribution in [0.4, 0.5) is 0 Å². The molecule has 0 saturated heterocycles. The highest BCUT2D eigenvalue weighted by Gasteiger charge is 2.41. The highest BCUT2D eigenvalue weighted by atomic mass is 16.3. The zero-order chi connectivity index (χ0) is 8.72. The minimum Gasteiger partial charge on any atom is -0.393 e. The normalized spacial score (nSPS) is 47.0. The van der Waals surface area contributed by atoms with E-state index >= 15 is 0 Å². The van der Waals surface area contributed by atoms with Crippen molar-refractivity contribution in [3.05, 3.63) is 0 Å². The SMILES string of the molecule is CC(C)[C@@H]1C[C@H]2C[C@@H](O)C[C@H]2C1. The second kappa shape index (κ2) is 3.02. The van der Waals surface area contributed by atoms with E-state index in [0.29, 0.717) is 0 Å². The van der Waals surface area contributed by atoms with Gasteiger partial charge in [-0.1, -0.05) is 13.8 Å². The number of hydrogen-bond donors (Lipinski definition) is 1. The first-order valence-corrected chi connectivity index (χ1v) is 5.35. The Labute approximate surface area is 75.2 Å². The first kappa shape index (κ1) is 8.55. The molecule has 2 aliphatic rings. The van der Waals surface area contributed by atoms with Crippen molar-refractivity contribution in [2.24, 2.45) is 23.7 Å². The van der Waals surface area contributed by atoms with Crippen molar-refractivity contribution in [2.75, 3.05) is 0 Å². The predicted octanol–water partition coefficient (Wildman–Crippen LogP) is 2.44. The Hall–Kier alpha value is -0.0400. The topological polar surface area (TPSA) is 20.2 Å². The van der Waals surface area contributed by atoms with Crippen molar-refractivity contribution < 1.29 is 5.11 Å². The molecule has 2 rings (SSSR count). The fourth-order valence-corrected chi connectivity index (χ4v) is 3.18. The monoisotopic (exact) mass is 168 g/mol. The van der Waals surface area contributed by atoms with Crippen LogP contribution in [0.15, 0.2) is 0 Å². The van der Waals surface area contributed by atoms with Crippen LogP contribution in [0.2, 0.25) is 0 Å². The van der Waals surface area contributed by atoms with Crippen LogP contribution in [-0.2, 0) is 0 Å². The summed E-state index contributed by atoms with van der Waals surface area (Å²) in [5, 5.41) is 9.46. The molecule has 4 atom stereocenters. The largest absolute Gasteiger partial charge is 0.393 e. The summed E-state index contributed by atoms with van der Waals surface area (Å²) in [6, 6.07) is 0. The van der Waals surface area contributed by atoms with Crippen LogP contribution >= 0.6 is 0 Å². The second-order valence-corrected chi connectivity index (χ2v) is 5.12. The van der Waals surface area contributed by atoms with Gasteiger partial charge >= 0.3 is 0 Å². The Morgan fingerprint density at radius 3 is 1.92 bits per heavy atom. The van der Waals surface area contributed by atoms with Crippen LogP contribution in [-0.4, -0.2) is 11.2 Å². The van der Waals surface area contributed by atoms with Gasteiger partial charge in [0.25, 0.3) is 0 Å². The first-order chi connectivity index (χ1) is 5.66. The predicted molar refractivity (Wildman–Crippen MR) is 49.8 cm³/mol. The molecule has 0 aromatic rings. The molecule has 1 nitrogen and oxygen atoms in total. The molecule has 2 fully saturated rings. The summed E-state index contributed by atoms with van der Waals surface area (Å²) in [5.41, 5.74) is 0. The van der Waals surface area contributed by atoms with Crippen molar-refractivity contribution in [3.8, 4) is 0 Å². The molecule has 0 amide bonds. The van der Waals surface area contributed by atoms with E-state index in [1.165, 1.54) is 12.8 Å². The highest BCUT2D eigenvalue weighted by molar-refractivity contribution is 4.92. The molecule has 0 aromatic carbocycles. The van der Waals surface area contributed by atoms with E-state index in [-0.39, 0.29) is 6.10 Å². The molecule has 0 aromatic heterocycles. The van der Waals surface area contributed by atoms with Crippen LogP contribution in [0.25, 0.3) is 0 Å². The van der Waals surface area contributed by atoms with Crippen LogP contribution in [0, 0.1) is 23.7 Å². The van der Waals surface area contributed by atoms with Crippen LogP contribution in [0.5, 0.6) is 0 Å². The number of fused-ring (bicyclic) bond motifs is 1. The molecule has 1 N–H and O–H groups in total. The highest BCUT2D eigenvalue weighted by Crippen LogP contribution is 2.48. The van der Waals surface area contributed by atoms with Gasteiger partial charge in [0.2, 0.25) is 0 Å². The fourth-order valence-electron chi connectivity index (χ4n) is 3.18. The molecule has 0 radical (unpaired) electrons. The third-order valence-electron chi connectivity index (χ3n) is 3.97. The maximum absolute atomic E-state index is 9.46. The van der Waals surface area contributed by atoms with Crippen LogP contribution in [0.3, 0.4) is 0 Å². The zero-order valence-corrected chi connectivity index (χ0v) is 8.16. The first-order valence-electron chi connectivity index (χ1n) is 5.35. The third kappa shape index (κ3) is 1.39. The molecule has 2 aliphatic carbocycles. The summed E-state index contributed by atoms with van der Waals surface area (Å²) in [6.45, 7) is 4.67. The van der Waals surface area contributed by atoms with E-state index in [1.807, 2.05) is 0 Å². The van der Waals surface area contributed by atoms with Crippen molar-refractivity contribution >= 4 is 0 Å². The van der Waals surface area contributed by atoms with Gasteiger partial charge in [-0.05, 0) is 49.4 Å². The summed E-state index contributed by atoms with van der Waals surface area (Å²) >= 11 is 0. The average Bonchev–Trinajstić information content (AvgIpc) is 2.42. The standard InChI is InChI=1S/C11H20O/c1-7(2)8-3-9-5-11(12)6-10(9)4-8/h7-12H,3-6H2,1-2H3/t8-,9+,10-,11-. The maximum atomic E-state index is 9.46. The number of aliphatic hydroxyl groups excluding tert-OH is 1. The van der Waals surface area contributed by atoms with Gasteiger partial charge in [-0.3, -0.25) is 0 Å². The Kier molecular flexibility index (Phi) is 2.16. The lowest BCUT2D eigenvalue weighted by molar-refractivity contribution is 0.166. The minimum atomic E-state index is 0.0353. The second-order valence-electron chi connectivity index (χ2n) is 5.12. The van der Waals surface area contributed by atoms with Gasteiger partial charge in [-0.25, -0.2) is 0 Å². The molecule has 0 bridgehead atoms. The van der Waals surface area contributed by atoms with E-state index in [0.717, 1.165) is 36.5 Å². The van der Waals surface area contributed by atoms with Crippen molar-refractivity contribution in [3.63, 3.8) is 0 Å².